The van der Waals surface area contributed by atoms with Crippen LogP contribution in [0, 0.1) is 17.8 Å². The molecule has 0 aromatic heterocycles. The van der Waals surface area contributed by atoms with Gasteiger partial charge in [0.05, 0.1) is 0 Å². The zero-order valence-corrected chi connectivity index (χ0v) is 6.65. The van der Waals surface area contributed by atoms with Crippen molar-refractivity contribution in [1.82, 2.24) is 0 Å². The molecule has 0 heterocycles. The third-order valence-corrected chi connectivity index (χ3v) is 2.35. The van der Waals surface area contributed by atoms with Gasteiger partial charge in [-0.2, -0.15) is 0 Å². The van der Waals surface area contributed by atoms with Crippen LogP contribution in [0.2, 0.25) is 0 Å². The van der Waals surface area contributed by atoms with E-state index in [2.05, 4.69) is 18.8 Å². The van der Waals surface area contributed by atoms with Gasteiger partial charge in [-0.3, -0.25) is 0 Å². The van der Waals surface area contributed by atoms with E-state index in [0.29, 0.717) is 5.92 Å². The Morgan fingerprint density at radius 1 is 1.60 bits per heavy atom. The maximum atomic E-state index is 9.79. The average molecular weight is 138 g/mol. The molecule has 0 unspecified atom stereocenters. The summed E-state index contributed by atoms with van der Waals surface area (Å²) in [7, 11) is 0. The third-order valence-electron chi connectivity index (χ3n) is 2.35. The smallest absolute Gasteiger partial charge is 0.128 e. The van der Waals surface area contributed by atoms with Crippen LogP contribution in [0.5, 0.6) is 0 Å². The van der Waals surface area contributed by atoms with E-state index in [-0.39, 0.29) is 0 Å². The summed E-state index contributed by atoms with van der Waals surface area (Å²) in [4.78, 5) is 0. The van der Waals surface area contributed by atoms with Gasteiger partial charge >= 0.3 is 0 Å². The van der Waals surface area contributed by atoms with Gasteiger partial charge in [-0.25, -0.2) is 0 Å². The Morgan fingerprint density at radius 2 is 2.30 bits per heavy atom. The van der Waals surface area contributed by atoms with Crippen molar-refractivity contribution in [2.24, 2.45) is 5.92 Å². The summed E-state index contributed by atoms with van der Waals surface area (Å²) >= 11 is 0. The fourth-order valence-electron chi connectivity index (χ4n) is 1.57. The van der Waals surface area contributed by atoms with Crippen LogP contribution in [0.25, 0.3) is 0 Å². The molecule has 1 fully saturated rings. The summed E-state index contributed by atoms with van der Waals surface area (Å²) in [6.45, 7) is 3.85. The minimum Gasteiger partial charge on any atom is -0.377 e. The fourth-order valence-corrected chi connectivity index (χ4v) is 1.57. The van der Waals surface area contributed by atoms with Crippen molar-refractivity contribution in [3.8, 4) is 11.8 Å². The molecule has 0 aromatic rings. The van der Waals surface area contributed by atoms with E-state index in [1.54, 1.807) is 6.92 Å². The van der Waals surface area contributed by atoms with Crippen LogP contribution in [0.4, 0.5) is 0 Å². The molecule has 0 amide bonds. The Hall–Kier alpha value is -0.480. The van der Waals surface area contributed by atoms with Crippen molar-refractivity contribution in [3.05, 3.63) is 0 Å². The van der Waals surface area contributed by atoms with Crippen molar-refractivity contribution in [1.29, 1.82) is 0 Å². The molecule has 0 bridgehead atoms. The maximum Gasteiger partial charge on any atom is 0.128 e. The van der Waals surface area contributed by atoms with E-state index >= 15 is 0 Å². The molecule has 1 nitrogen and oxygen atoms in total. The molecule has 0 spiro atoms. The minimum absolute atomic E-state index is 0.361. The van der Waals surface area contributed by atoms with Crippen LogP contribution in [-0.2, 0) is 0 Å². The minimum atomic E-state index is -0.658. The molecule has 0 aliphatic heterocycles. The zero-order chi connectivity index (χ0) is 7.61. The Morgan fingerprint density at radius 3 is 2.70 bits per heavy atom. The summed E-state index contributed by atoms with van der Waals surface area (Å²) in [5.74, 6) is 6.02. The van der Waals surface area contributed by atoms with E-state index in [1.165, 1.54) is 0 Å². The van der Waals surface area contributed by atoms with Crippen LogP contribution in [0.15, 0.2) is 0 Å². The molecule has 1 aliphatic rings. The molecule has 0 aromatic carbocycles. The van der Waals surface area contributed by atoms with Gasteiger partial charge in [0.25, 0.3) is 0 Å². The average Bonchev–Trinajstić information content (AvgIpc) is 2.15. The highest BCUT2D eigenvalue weighted by atomic mass is 16.3. The zero-order valence-electron chi connectivity index (χ0n) is 6.65. The Balaban J connectivity index is 2.72. The van der Waals surface area contributed by atoms with Gasteiger partial charge in [0, 0.05) is 0 Å². The highest BCUT2D eigenvalue weighted by molar-refractivity contribution is 5.16. The molecule has 1 N–H and O–H groups in total. The van der Waals surface area contributed by atoms with Gasteiger partial charge in [-0.1, -0.05) is 12.8 Å². The summed E-state index contributed by atoms with van der Waals surface area (Å²) in [6.07, 6.45) is 3.09. The quantitative estimate of drug-likeness (QED) is 0.504. The van der Waals surface area contributed by atoms with Crippen LogP contribution >= 0.6 is 0 Å². The molecule has 1 saturated carbocycles. The second-order valence-electron chi connectivity index (χ2n) is 3.09. The third kappa shape index (κ3) is 1.17. The lowest BCUT2D eigenvalue weighted by Gasteiger charge is -2.20. The first-order chi connectivity index (χ1) is 4.69. The van der Waals surface area contributed by atoms with Crippen molar-refractivity contribution >= 4 is 0 Å². The van der Waals surface area contributed by atoms with Crippen molar-refractivity contribution < 1.29 is 5.11 Å². The standard InChI is InChI=1S/C9H14O/c1-3-6-9(10)7-4-5-8(9)2/h8,10H,4-5,7H2,1-2H3/t8-,9+/m1/s1. The highest BCUT2D eigenvalue weighted by Gasteiger charge is 2.36. The molecule has 0 radical (unpaired) electrons. The molecule has 1 heteroatoms. The first-order valence-electron chi connectivity index (χ1n) is 3.85. The molecule has 0 saturated heterocycles. The van der Waals surface area contributed by atoms with E-state index in [4.69, 9.17) is 0 Å². The Bertz CT molecular complexity index is 175. The normalized spacial score (nSPS) is 38.9. The van der Waals surface area contributed by atoms with Gasteiger partial charge in [0.1, 0.15) is 5.60 Å². The molecule has 56 valence electrons. The number of rotatable bonds is 0. The van der Waals surface area contributed by atoms with Crippen molar-refractivity contribution in [3.63, 3.8) is 0 Å². The van der Waals surface area contributed by atoms with Gasteiger partial charge < -0.3 is 5.11 Å². The predicted octanol–water partition coefficient (Wildman–Crippen LogP) is 1.56. The van der Waals surface area contributed by atoms with Crippen LogP contribution in [0.3, 0.4) is 0 Å². The first-order valence-corrected chi connectivity index (χ1v) is 3.85. The predicted molar refractivity (Wildman–Crippen MR) is 41.4 cm³/mol. The SMILES string of the molecule is CC#C[C@]1(O)CCC[C@H]1C. The van der Waals surface area contributed by atoms with E-state index in [1.807, 2.05) is 0 Å². The summed E-state index contributed by atoms with van der Waals surface area (Å²) in [5.41, 5.74) is -0.658. The first kappa shape index (κ1) is 7.63. The van der Waals surface area contributed by atoms with Crippen LogP contribution in [-0.4, -0.2) is 10.7 Å². The van der Waals surface area contributed by atoms with Gasteiger partial charge in [-0.15, -0.1) is 5.92 Å². The monoisotopic (exact) mass is 138 g/mol. The molecule has 2 atom stereocenters. The van der Waals surface area contributed by atoms with Crippen LogP contribution < -0.4 is 0 Å². The molecular formula is C9H14O. The van der Waals surface area contributed by atoms with Gasteiger partial charge in [-0.05, 0) is 32.1 Å². The number of aliphatic hydroxyl groups is 1. The Kier molecular flexibility index (Phi) is 2.01. The number of hydrogen-bond donors (Lipinski definition) is 1. The largest absolute Gasteiger partial charge is 0.377 e. The molecule has 10 heavy (non-hydrogen) atoms. The maximum absolute atomic E-state index is 9.79. The lowest BCUT2D eigenvalue weighted by molar-refractivity contribution is 0.0687. The van der Waals surface area contributed by atoms with E-state index in [9.17, 15) is 5.11 Å². The topological polar surface area (TPSA) is 20.2 Å². The van der Waals surface area contributed by atoms with Crippen molar-refractivity contribution in [2.75, 3.05) is 0 Å². The number of hydrogen-bond acceptors (Lipinski definition) is 1. The van der Waals surface area contributed by atoms with Gasteiger partial charge in [0.15, 0.2) is 0 Å². The lowest BCUT2D eigenvalue weighted by Crippen LogP contribution is -2.28. The lowest BCUT2D eigenvalue weighted by atomic mass is 9.93. The molecule has 1 rings (SSSR count). The van der Waals surface area contributed by atoms with Gasteiger partial charge in [0.2, 0.25) is 0 Å². The summed E-state index contributed by atoms with van der Waals surface area (Å²) < 4.78 is 0. The van der Waals surface area contributed by atoms with Crippen molar-refractivity contribution in [2.45, 2.75) is 38.7 Å². The van der Waals surface area contributed by atoms with Crippen LogP contribution in [0.1, 0.15) is 33.1 Å². The molecule has 1 aliphatic carbocycles. The fraction of sp³-hybridized carbons (Fsp3) is 0.778. The van der Waals surface area contributed by atoms with E-state index < -0.39 is 5.60 Å². The highest BCUT2D eigenvalue weighted by Crippen LogP contribution is 2.34. The summed E-state index contributed by atoms with van der Waals surface area (Å²) in [5, 5.41) is 9.79. The molecular weight excluding hydrogens is 124 g/mol. The Labute approximate surface area is 62.4 Å². The second-order valence-corrected chi connectivity index (χ2v) is 3.09. The van der Waals surface area contributed by atoms with E-state index in [0.717, 1.165) is 19.3 Å². The second kappa shape index (κ2) is 2.64. The summed E-state index contributed by atoms with van der Waals surface area (Å²) in [6, 6.07) is 0.